The minimum atomic E-state index is -0.213. The minimum absolute atomic E-state index is 0.133. The van der Waals surface area contributed by atoms with Gasteiger partial charge in [0.1, 0.15) is 11.6 Å². The summed E-state index contributed by atoms with van der Waals surface area (Å²) in [5.41, 5.74) is 8.27. The van der Waals surface area contributed by atoms with E-state index in [1.165, 1.54) is 0 Å². The van der Waals surface area contributed by atoms with Gasteiger partial charge < -0.3 is 10.5 Å². The smallest absolute Gasteiger partial charge is 0.244 e. The van der Waals surface area contributed by atoms with Gasteiger partial charge in [0.15, 0.2) is 0 Å². The van der Waals surface area contributed by atoms with Gasteiger partial charge in [-0.05, 0) is 34.5 Å². The molecule has 0 unspecified atom stereocenters. The summed E-state index contributed by atoms with van der Waals surface area (Å²) < 4.78 is 6.52. The number of nitriles is 1. The van der Waals surface area contributed by atoms with Gasteiger partial charge in [-0.2, -0.15) is 5.26 Å². The van der Waals surface area contributed by atoms with Crippen LogP contribution in [0.1, 0.15) is 35.4 Å². The first-order chi connectivity index (χ1) is 10.2. The summed E-state index contributed by atoms with van der Waals surface area (Å²) in [6.45, 7) is 2.10. The van der Waals surface area contributed by atoms with E-state index >= 15 is 0 Å². The number of rotatable bonds is 3. The molecule has 0 spiro atoms. The molecule has 108 valence electrons. The van der Waals surface area contributed by atoms with Crippen LogP contribution in [0.3, 0.4) is 0 Å². The molecule has 0 radical (unpaired) electrons. The Morgan fingerprint density at radius 2 is 2.38 bits per heavy atom. The van der Waals surface area contributed by atoms with Crippen molar-refractivity contribution in [3.05, 3.63) is 43.5 Å². The van der Waals surface area contributed by atoms with Crippen LogP contribution in [0.2, 0.25) is 0 Å². The third kappa shape index (κ3) is 2.34. The predicted octanol–water partition coefficient (Wildman–Crippen LogP) is 3.40. The molecule has 3 rings (SSSR count). The van der Waals surface area contributed by atoms with E-state index in [9.17, 15) is 5.26 Å². The Morgan fingerprint density at radius 1 is 1.57 bits per heavy atom. The average Bonchev–Trinajstić information content (AvgIpc) is 3.05. The number of nitrogens with two attached hydrogens (primary N) is 1. The zero-order chi connectivity index (χ0) is 15.0. The number of hydrogen-bond donors (Lipinski definition) is 2. The van der Waals surface area contributed by atoms with Crippen molar-refractivity contribution in [1.29, 1.82) is 5.26 Å². The second-order valence-electron chi connectivity index (χ2n) is 4.74. The van der Waals surface area contributed by atoms with Crippen LogP contribution < -0.4 is 10.5 Å². The molecule has 2 aromatic rings. The first-order valence-corrected chi connectivity index (χ1v) is 8.16. The van der Waals surface area contributed by atoms with Crippen LogP contribution in [-0.4, -0.2) is 10.2 Å². The Balaban J connectivity index is 2.19. The molecule has 2 aromatic heterocycles. The van der Waals surface area contributed by atoms with Gasteiger partial charge in [0.25, 0.3) is 0 Å². The Hall–Kier alpha value is -1.78. The van der Waals surface area contributed by atoms with Crippen molar-refractivity contribution in [2.24, 2.45) is 5.73 Å². The maximum Gasteiger partial charge on any atom is 0.244 e. The average molecular weight is 365 g/mol. The number of aromatic amines is 1. The summed E-state index contributed by atoms with van der Waals surface area (Å²) >= 11 is 5.06. The van der Waals surface area contributed by atoms with Crippen molar-refractivity contribution < 1.29 is 4.74 Å². The molecule has 3 heterocycles. The standard InChI is InChI=1S/C14H13BrN4OS/c1-2-3-8-12-11(9-4-5-10(15)21-9)7(6-16)13(17)20-14(12)19-18-8/h4-5,11H,2-3,17H2,1H3,(H,18,19)/t11-/m1/s1. The molecule has 0 aromatic carbocycles. The number of nitrogens with zero attached hydrogens (tertiary/aromatic N) is 2. The number of aryl methyl sites for hydroxylation is 1. The van der Waals surface area contributed by atoms with Crippen molar-refractivity contribution in [1.82, 2.24) is 10.2 Å². The third-order valence-corrected chi connectivity index (χ3v) is 5.08. The molecule has 1 atom stereocenters. The number of thiophene rings is 1. The molecule has 0 fully saturated rings. The number of halogens is 1. The Kier molecular flexibility index (Phi) is 3.74. The fourth-order valence-electron chi connectivity index (χ4n) is 2.52. The summed E-state index contributed by atoms with van der Waals surface area (Å²) in [5.74, 6) is 0.397. The molecule has 0 amide bonds. The zero-order valence-electron chi connectivity index (χ0n) is 11.3. The van der Waals surface area contributed by atoms with E-state index in [0.717, 1.165) is 32.8 Å². The third-order valence-electron chi connectivity index (χ3n) is 3.40. The van der Waals surface area contributed by atoms with Gasteiger partial charge in [-0.1, -0.05) is 13.3 Å². The highest BCUT2D eigenvalue weighted by Crippen LogP contribution is 2.45. The molecule has 0 bridgehead atoms. The summed E-state index contributed by atoms with van der Waals surface area (Å²) in [4.78, 5) is 1.05. The second kappa shape index (κ2) is 5.54. The normalized spacial score (nSPS) is 17.3. The zero-order valence-corrected chi connectivity index (χ0v) is 13.7. The molecule has 1 aliphatic rings. The lowest BCUT2D eigenvalue weighted by atomic mass is 9.88. The first-order valence-electron chi connectivity index (χ1n) is 6.55. The molecular formula is C14H13BrN4OS. The molecule has 0 saturated heterocycles. The second-order valence-corrected chi connectivity index (χ2v) is 7.23. The van der Waals surface area contributed by atoms with Gasteiger partial charge in [-0.15, -0.1) is 16.4 Å². The monoisotopic (exact) mass is 364 g/mol. The molecular weight excluding hydrogens is 352 g/mol. The molecule has 7 heteroatoms. The fraction of sp³-hybridized carbons (Fsp3) is 0.286. The van der Waals surface area contributed by atoms with E-state index in [1.807, 2.05) is 12.1 Å². The van der Waals surface area contributed by atoms with Crippen LogP contribution in [0.5, 0.6) is 5.88 Å². The molecule has 5 nitrogen and oxygen atoms in total. The highest BCUT2D eigenvalue weighted by Gasteiger charge is 2.35. The van der Waals surface area contributed by atoms with Gasteiger partial charge in [0.05, 0.1) is 15.3 Å². The largest absolute Gasteiger partial charge is 0.420 e. The highest BCUT2D eigenvalue weighted by atomic mass is 79.9. The maximum atomic E-state index is 9.48. The minimum Gasteiger partial charge on any atom is -0.420 e. The van der Waals surface area contributed by atoms with Crippen molar-refractivity contribution in [3.63, 3.8) is 0 Å². The Labute approximate surface area is 134 Å². The summed E-state index contributed by atoms with van der Waals surface area (Å²) in [6.07, 6.45) is 1.84. The predicted molar refractivity (Wildman–Crippen MR) is 83.9 cm³/mol. The Morgan fingerprint density at radius 3 is 3.00 bits per heavy atom. The molecule has 0 aliphatic carbocycles. The number of aromatic nitrogens is 2. The molecule has 1 aliphatic heterocycles. The van der Waals surface area contributed by atoms with Crippen molar-refractivity contribution >= 4 is 27.3 Å². The quantitative estimate of drug-likeness (QED) is 0.873. The Bertz CT molecular complexity index is 755. The lowest BCUT2D eigenvalue weighted by Gasteiger charge is -2.22. The number of nitrogens with one attached hydrogen (secondary N) is 1. The lowest BCUT2D eigenvalue weighted by molar-refractivity contribution is 0.379. The van der Waals surface area contributed by atoms with Crippen LogP contribution in [0.25, 0.3) is 0 Å². The lowest BCUT2D eigenvalue weighted by Crippen LogP contribution is -2.20. The van der Waals surface area contributed by atoms with Crippen molar-refractivity contribution in [3.8, 4) is 11.9 Å². The number of allylic oxidation sites excluding steroid dienone is 1. The van der Waals surface area contributed by atoms with E-state index in [4.69, 9.17) is 10.5 Å². The summed E-state index contributed by atoms with van der Waals surface area (Å²) in [6, 6.07) is 6.16. The van der Waals surface area contributed by atoms with Gasteiger partial charge in [0, 0.05) is 10.6 Å². The van der Waals surface area contributed by atoms with Crippen LogP contribution in [0.15, 0.2) is 27.4 Å². The topological polar surface area (TPSA) is 87.7 Å². The van der Waals surface area contributed by atoms with Crippen LogP contribution in [0.4, 0.5) is 0 Å². The van der Waals surface area contributed by atoms with E-state index in [2.05, 4.69) is 39.1 Å². The molecule has 3 N–H and O–H groups in total. The van der Waals surface area contributed by atoms with Crippen LogP contribution in [0, 0.1) is 11.3 Å². The fourth-order valence-corrected chi connectivity index (χ4v) is 4.06. The van der Waals surface area contributed by atoms with Crippen molar-refractivity contribution in [2.45, 2.75) is 25.7 Å². The number of ether oxygens (including phenoxy) is 1. The van der Waals surface area contributed by atoms with Gasteiger partial charge in [-0.25, -0.2) is 0 Å². The summed E-state index contributed by atoms with van der Waals surface area (Å²) in [5, 5.41) is 16.7. The van der Waals surface area contributed by atoms with E-state index in [1.54, 1.807) is 11.3 Å². The number of fused-ring (bicyclic) bond motifs is 1. The van der Waals surface area contributed by atoms with Crippen LogP contribution in [-0.2, 0) is 6.42 Å². The van der Waals surface area contributed by atoms with Crippen LogP contribution >= 0.6 is 27.3 Å². The van der Waals surface area contributed by atoms with Gasteiger partial charge in [-0.3, -0.25) is 5.10 Å². The SMILES string of the molecule is CCCc1[nH]nc2c1[C@@H](c1ccc(Br)s1)C(C#N)=C(N)O2. The molecule has 21 heavy (non-hydrogen) atoms. The maximum absolute atomic E-state index is 9.48. The van der Waals surface area contributed by atoms with E-state index < -0.39 is 0 Å². The molecule has 0 saturated carbocycles. The number of H-pyrrole nitrogens is 1. The summed E-state index contributed by atoms with van der Waals surface area (Å²) in [7, 11) is 0. The number of hydrogen-bond acceptors (Lipinski definition) is 5. The van der Waals surface area contributed by atoms with Gasteiger partial charge in [0.2, 0.25) is 11.8 Å². The first kappa shape index (κ1) is 14.2. The van der Waals surface area contributed by atoms with Gasteiger partial charge >= 0.3 is 0 Å². The van der Waals surface area contributed by atoms with Crippen molar-refractivity contribution in [2.75, 3.05) is 0 Å². The highest BCUT2D eigenvalue weighted by molar-refractivity contribution is 9.11. The van der Waals surface area contributed by atoms with E-state index in [0.29, 0.717) is 11.5 Å². The van der Waals surface area contributed by atoms with E-state index in [-0.39, 0.29) is 11.8 Å².